The van der Waals surface area contributed by atoms with E-state index >= 15 is 0 Å². The van der Waals surface area contributed by atoms with Crippen molar-refractivity contribution in [2.45, 2.75) is 63.1 Å². The first-order valence-electron chi connectivity index (χ1n) is 12.0. The van der Waals surface area contributed by atoms with E-state index in [0.29, 0.717) is 6.42 Å². The Morgan fingerprint density at radius 3 is 2.50 bits per heavy atom. The molecular formula is C25H27ClF3N5O4. The number of aromatic amines is 1. The van der Waals surface area contributed by atoms with Crippen LogP contribution in [0.25, 0.3) is 10.9 Å². The van der Waals surface area contributed by atoms with E-state index in [4.69, 9.17) is 16.3 Å². The SMILES string of the molecule is COc1c(Cl)cc(F)c2[nH]c(C(=O)N[C@@H](C[C@@H]3CC3(F)F)C(=O)N[C@H](C#N)C[C@@H]3CC(C)(C)NC3=O)cc12. The van der Waals surface area contributed by atoms with E-state index in [1.54, 1.807) is 0 Å². The van der Waals surface area contributed by atoms with E-state index in [1.807, 2.05) is 19.9 Å². The minimum atomic E-state index is -2.96. The van der Waals surface area contributed by atoms with Crippen molar-refractivity contribution in [2.24, 2.45) is 11.8 Å². The maximum atomic E-state index is 14.4. The predicted molar refractivity (Wildman–Crippen MR) is 131 cm³/mol. The van der Waals surface area contributed by atoms with Crippen LogP contribution < -0.4 is 20.7 Å². The molecule has 2 fully saturated rings. The molecule has 0 bridgehead atoms. The second kappa shape index (κ2) is 10.0. The molecule has 0 spiro atoms. The van der Waals surface area contributed by atoms with Gasteiger partial charge in [0.1, 0.15) is 29.3 Å². The molecule has 1 saturated heterocycles. The number of ether oxygens (including phenoxy) is 1. The van der Waals surface area contributed by atoms with Crippen molar-refractivity contribution >= 4 is 40.2 Å². The van der Waals surface area contributed by atoms with Crippen molar-refractivity contribution in [3.05, 3.63) is 28.7 Å². The molecule has 3 amide bonds. The zero-order chi connectivity index (χ0) is 28.0. The molecule has 4 rings (SSSR count). The Balaban J connectivity index is 1.51. The number of benzene rings is 1. The van der Waals surface area contributed by atoms with Gasteiger partial charge in [0, 0.05) is 29.2 Å². The monoisotopic (exact) mass is 553 g/mol. The highest BCUT2D eigenvalue weighted by Gasteiger charge is 2.57. The van der Waals surface area contributed by atoms with E-state index in [9.17, 15) is 32.8 Å². The number of nitriles is 1. The summed E-state index contributed by atoms with van der Waals surface area (Å²) in [6.45, 7) is 3.68. The van der Waals surface area contributed by atoms with Crippen LogP contribution in [-0.4, -0.2) is 53.4 Å². The van der Waals surface area contributed by atoms with Crippen LogP contribution in [-0.2, 0) is 9.59 Å². The lowest BCUT2D eigenvalue weighted by Gasteiger charge is -2.21. The molecule has 0 unspecified atom stereocenters. The molecule has 2 aliphatic rings. The number of halogens is 4. The number of carbonyl (C=O) groups is 3. The van der Waals surface area contributed by atoms with Gasteiger partial charge in [-0.3, -0.25) is 14.4 Å². The fraction of sp³-hybridized carbons (Fsp3) is 0.520. The fourth-order valence-electron chi connectivity index (χ4n) is 4.89. The molecule has 2 heterocycles. The van der Waals surface area contributed by atoms with Gasteiger partial charge in [0.2, 0.25) is 11.8 Å². The molecular weight excluding hydrogens is 527 g/mol. The first kappa shape index (κ1) is 27.6. The lowest BCUT2D eigenvalue weighted by Crippen LogP contribution is -2.50. The molecule has 0 radical (unpaired) electrons. The molecule has 9 nitrogen and oxygen atoms in total. The van der Waals surface area contributed by atoms with Crippen LogP contribution in [0, 0.1) is 29.0 Å². The molecule has 38 heavy (non-hydrogen) atoms. The molecule has 1 saturated carbocycles. The molecule has 204 valence electrons. The summed E-state index contributed by atoms with van der Waals surface area (Å²) in [5.41, 5.74) is -0.666. The number of alkyl halides is 2. The molecule has 1 aliphatic heterocycles. The smallest absolute Gasteiger partial charge is 0.268 e. The number of fused-ring (bicyclic) bond motifs is 1. The maximum absolute atomic E-state index is 14.4. The lowest BCUT2D eigenvalue weighted by molar-refractivity contribution is -0.125. The van der Waals surface area contributed by atoms with Crippen LogP contribution in [0.3, 0.4) is 0 Å². The summed E-state index contributed by atoms with van der Waals surface area (Å²) in [5, 5.41) is 17.5. The number of H-pyrrole nitrogens is 1. The van der Waals surface area contributed by atoms with Crippen LogP contribution in [0.2, 0.25) is 5.02 Å². The number of aromatic nitrogens is 1. The molecule has 4 atom stereocenters. The minimum absolute atomic E-state index is 0.0152. The number of methoxy groups -OCH3 is 1. The van der Waals surface area contributed by atoms with Crippen molar-refractivity contribution in [3.63, 3.8) is 0 Å². The van der Waals surface area contributed by atoms with Crippen LogP contribution in [0.4, 0.5) is 13.2 Å². The van der Waals surface area contributed by atoms with Crippen molar-refractivity contribution in [1.29, 1.82) is 5.26 Å². The number of rotatable bonds is 9. The zero-order valence-corrected chi connectivity index (χ0v) is 21.6. The van der Waals surface area contributed by atoms with Crippen LogP contribution >= 0.6 is 11.6 Å². The van der Waals surface area contributed by atoms with Crippen molar-refractivity contribution in [2.75, 3.05) is 7.11 Å². The number of nitrogens with zero attached hydrogens (tertiary/aromatic N) is 1. The Hall–Kier alpha value is -3.46. The van der Waals surface area contributed by atoms with Crippen LogP contribution in [0.15, 0.2) is 12.1 Å². The quantitative estimate of drug-likeness (QED) is 0.377. The number of hydrogen-bond acceptors (Lipinski definition) is 5. The average Bonchev–Trinajstić information content (AvgIpc) is 3.12. The summed E-state index contributed by atoms with van der Waals surface area (Å²) in [6.07, 6.45) is -0.319. The van der Waals surface area contributed by atoms with E-state index < -0.39 is 59.4 Å². The highest BCUT2D eigenvalue weighted by molar-refractivity contribution is 6.33. The molecule has 1 aromatic carbocycles. The summed E-state index contributed by atoms with van der Waals surface area (Å²) < 4.78 is 47.0. The zero-order valence-electron chi connectivity index (χ0n) is 20.9. The van der Waals surface area contributed by atoms with E-state index in [-0.39, 0.29) is 46.1 Å². The van der Waals surface area contributed by atoms with Crippen LogP contribution in [0.1, 0.15) is 50.0 Å². The van der Waals surface area contributed by atoms with Crippen molar-refractivity contribution < 1.29 is 32.3 Å². The Labute approximate surface area is 221 Å². The molecule has 1 aromatic heterocycles. The number of nitrogens with one attached hydrogen (secondary N) is 4. The average molecular weight is 554 g/mol. The second-order valence-electron chi connectivity index (χ2n) is 10.5. The van der Waals surface area contributed by atoms with E-state index in [1.165, 1.54) is 13.2 Å². The standard InChI is InChI=1S/C25H27ClF3N5O4/c1-24(2)8-11(21(35)34-24)4-13(10-30)31-22(36)17(5-12-9-25(12,28)29)33-23(37)18-6-14-19(32-18)16(27)7-15(26)20(14)38-3/h6-7,11-13,17,32H,4-5,8-9H2,1-3H3,(H,31,36)(H,33,37)(H,34,35)/t11-,12-,13+,17+/m1/s1. The van der Waals surface area contributed by atoms with Gasteiger partial charge < -0.3 is 25.7 Å². The Bertz CT molecular complexity index is 1340. The second-order valence-corrected chi connectivity index (χ2v) is 10.9. The Kier molecular flexibility index (Phi) is 7.27. The van der Waals surface area contributed by atoms with Gasteiger partial charge in [-0.15, -0.1) is 0 Å². The highest BCUT2D eigenvalue weighted by atomic mass is 35.5. The normalized spacial score (nSPS) is 22.7. The van der Waals surface area contributed by atoms with Gasteiger partial charge in [-0.1, -0.05) is 11.6 Å². The summed E-state index contributed by atoms with van der Waals surface area (Å²) in [5.74, 6) is -7.15. The van der Waals surface area contributed by atoms with Gasteiger partial charge >= 0.3 is 0 Å². The number of carbonyl (C=O) groups excluding carboxylic acids is 3. The minimum Gasteiger partial charge on any atom is -0.494 e. The maximum Gasteiger partial charge on any atom is 0.268 e. The third-order valence-electron chi connectivity index (χ3n) is 6.90. The Morgan fingerprint density at radius 1 is 1.26 bits per heavy atom. The van der Waals surface area contributed by atoms with Gasteiger partial charge in [0.15, 0.2) is 0 Å². The van der Waals surface area contributed by atoms with E-state index in [0.717, 1.165) is 6.07 Å². The van der Waals surface area contributed by atoms with Gasteiger partial charge in [0.25, 0.3) is 11.8 Å². The van der Waals surface area contributed by atoms with Gasteiger partial charge in [-0.2, -0.15) is 5.26 Å². The molecule has 4 N–H and O–H groups in total. The summed E-state index contributed by atoms with van der Waals surface area (Å²) in [6, 6.07) is 1.72. The van der Waals surface area contributed by atoms with Gasteiger partial charge in [0.05, 0.1) is 23.7 Å². The summed E-state index contributed by atoms with van der Waals surface area (Å²) in [4.78, 5) is 40.9. The molecule has 2 aromatic rings. The number of amides is 3. The number of hydrogen-bond donors (Lipinski definition) is 4. The summed E-state index contributed by atoms with van der Waals surface area (Å²) in [7, 11) is 1.32. The van der Waals surface area contributed by atoms with E-state index in [2.05, 4.69) is 20.9 Å². The van der Waals surface area contributed by atoms with Gasteiger partial charge in [-0.25, -0.2) is 13.2 Å². The Morgan fingerprint density at radius 2 is 1.95 bits per heavy atom. The fourth-order valence-corrected chi connectivity index (χ4v) is 5.17. The first-order valence-corrected chi connectivity index (χ1v) is 12.4. The van der Waals surface area contributed by atoms with Crippen LogP contribution in [0.5, 0.6) is 5.75 Å². The third-order valence-corrected chi connectivity index (χ3v) is 7.18. The molecule has 1 aliphatic carbocycles. The topological polar surface area (TPSA) is 136 Å². The van der Waals surface area contributed by atoms with Crippen molar-refractivity contribution in [3.8, 4) is 11.8 Å². The largest absolute Gasteiger partial charge is 0.494 e. The lowest BCUT2D eigenvalue weighted by atomic mass is 9.92. The van der Waals surface area contributed by atoms with Crippen molar-refractivity contribution in [1.82, 2.24) is 20.9 Å². The predicted octanol–water partition coefficient (Wildman–Crippen LogP) is 3.43. The third kappa shape index (κ3) is 5.67. The highest BCUT2D eigenvalue weighted by Crippen LogP contribution is 2.51. The molecule has 13 heteroatoms. The van der Waals surface area contributed by atoms with Gasteiger partial charge in [-0.05, 0) is 45.2 Å². The first-order chi connectivity index (χ1) is 17.7. The summed E-state index contributed by atoms with van der Waals surface area (Å²) >= 11 is 6.01.